The predicted octanol–water partition coefficient (Wildman–Crippen LogP) is 3.39. The summed E-state index contributed by atoms with van der Waals surface area (Å²) in [6, 6.07) is 4.22. The number of rotatable bonds is 6. The molecular weight excluding hydrogens is 254 g/mol. The zero-order valence-electron chi connectivity index (χ0n) is 11.2. The van der Waals surface area contributed by atoms with Crippen LogP contribution < -0.4 is 5.32 Å². The third kappa shape index (κ3) is 3.25. The predicted molar refractivity (Wildman–Crippen MR) is 80.4 cm³/mol. The van der Waals surface area contributed by atoms with Crippen LogP contribution in [-0.4, -0.2) is 22.6 Å². The Morgan fingerprint density at radius 3 is 3.05 bits per heavy atom. The zero-order chi connectivity index (χ0) is 12.9. The molecule has 0 amide bonds. The number of thiophene rings is 1. The minimum atomic E-state index is 0.916. The summed E-state index contributed by atoms with van der Waals surface area (Å²) in [6.07, 6.45) is 9.65. The molecule has 1 N–H and O–H groups in total. The molecular formula is C15H21N3S. The zero-order valence-corrected chi connectivity index (χ0v) is 12.0. The van der Waals surface area contributed by atoms with Crippen molar-refractivity contribution in [1.82, 2.24) is 14.9 Å². The summed E-state index contributed by atoms with van der Waals surface area (Å²) in [5.41, 5.74) is 0. The van der Waals surface area contributed by atoms with Crippen molar-refractivity contribution in [2.75, 3.05) is 13.1 Å². The molecule has 1 fully saturated rings. The molecule has 0 aromatic carbocycles. The summed E-state index contributed by atoms with van der Waals surface area (Å²) >= 11 is 1.75. The molecule has 1 aliphatic rings. The Kier molecular flexibility index (Phi) is 4.30. The maximum absolute atomic E-state index is 4.46. The lowest BCUT2D eigenvalue weighted by molar-refractivity contribution is 0.477. The Balaban J connectivity index is 1.49. The number of nitrogens with zero attached hydrogens (tertiary/aromatic N) is 2. The Morgan fingerprint density at radius 2 is 2.26 bits per heavy atom. The molecule has 0 aliphatic heterocycles. The van der Waals surface area contributed by atoms with Crippen LogP contribution in [0.3, 0.4) is 0 Å². The first-order valence-electron chi connectivity index (χ1n) is 7.19. The van der Waals surface area contributed by atoms with Crippen LogP contribution in [0.15, 0.2) is 29.9 Å². The average Bonchev–Trinajstić information content (AvgIpc) is 3.15. The highest BCUT2D eigenvalue weighted by Gasteiger charge is 2.14. The van der Waals surface area contributed by atoms with Crippen molar-refractivity contribution in [3.63, 3.8) is 0 Å². The van der Waals surface area contributed by atoms with Crippen molar-refractivity contribution in [3.8, 4) is 10.7 Å². The molecule has 0 atom stereocenters. The van der Waals surface area contributed by atoms with E-state index in [0.717, 1.165) is 24.8 Å². The average molecular weight is 275 g/mol. The second-order valence-corrected chi connectivity index (χ2v) is 6.22. The van der Waals surface area contributed by atoms with E-state index in [1.54, 1.807) is 11.3 Å². The highest BCUT2D eigenvalue weighted by Crippen LogP contribution is 2.24. The normalized spacial score (nSPS) is 16.2. The fraction of sp³-hybridized carbons (Fsp3) is 0.533. The second kappa shape index (κ2) is 6.35. The summed E-state index contributed by atoms with van der Waals surface area (Å²) in [7, 11) is 0. The molecule has 3 nitrogen and oxygen atoms in total. The van der Waals surface area contributed by atoms with Crippen LogP contribution in [0.5, 0.6) is 0 Å². The maximum Gasteiger partial charge on any atom is 0.150 e. The summed E-state index contributed by atoms with van der Waals surface area (Å²) in [4.78, 5) is 5.71. The van der Waals surface area contributed by atoms with Gasteiger partial charge in [0.15, 0.2) is 0 Å². The first-order chi connectivity index (χ1) is 9.43. The van der Waals surface area contributed by atoms with Crippen LogP contribution in [0, 0.1) is 5.92 Å². The van der Waals surface area contributed by atoms with Crippen molar-refractivity contribution in [2.24, 2.45) is 5.92 Å². The smallest absolute Gasteiger partial charge is 0.150 e. The van der Waals surface area contributed by atoms with E-state index in [4.69, 9.17) is 0 Å². The number of hydrogen-bond acceptors (Lipinski definition) is 3. The van der Waals surface area contributed by atoms with Crippen LogP contribution in [0.1, 0.15) is 25.7 Å². The van der Waals surface area contributed by atoms with Gasteiger partial charge in [-0.3, -0.25) is 0 Å². The molecule has 2 aromatic rings. The lowest BCUT2D eigenvalue weighted by Gasteiger charge is -2.11. The van der Waals surface area contributed by atoms with Gasteiger partial charge in [0.25, 0.3) is 0 Å². The van der Waals surface area contributed by atoms with E-state index in [1.165, 1.54) is 37.1 Å². The van der Waals surface area contributed by atoms with Crippen molar-refractivity contribution < 1.29 is 0 Å². The molecule has 4 heteroatoms. The van der Waals surface area contributed by atoms with E-state index in [9.17, 15) is 0 Å². The molecule has 102 valence electrons. The third-order valence-corrected chi connectivity index (χ3v) is 4.76. The molecule has 3 rings (SSSR count). The molecule has 2 aromatic heterocycles. The van der Waals surface area contributed by atoms with E-state index in [2.05, 4.69) is 38.6 Å². The summed E-state index contributed by atoms with van der Waals surface area (Å²) < 4.78 is 2.24. The number of aromatic nitrogens is 2. The van der Waals surface area contributed by atoms with Gasteiger partial charge in [-0.1, -0.05) is 18.9 Å². The van der Waals surface area contributed by atoms with Gasteiger partial charge in [0.1, 0.15) is 5.82 Å². The van der Waals surface area contributed by atoms with Crippen molar-refractivity contribution >= 4 is 11.3 Å². The van der Waals surface area contributed by atoms with Gasteiger partial charge in [-0.2, -0.15) is 0 Å². The first kappa shape index (κ1) is 12.9. The van der Waals surface area contributed by atoms with Crippen LogP contribution in [0.25, 0.3) is 10.7 Å². The first-order valence-corrected chi connectivity index (χ1v) is 8.07. The van der Waals surface area contributed by atoms with Crippen LogP contribution >= 0.6 is 11.3 Å². The number of imidazole rings is 1. The van der Waals surface area contributed by atoms with Gasteiger partial charge in [-0.05, 0) is 36.8 Å². The van der Waals surface area contributed by atoms with Gasteiger partial charge in [-0.15, -0.1) is 11.3 Å². The number of hydrogen-bond donors (Lipinski definition) is 1. The van der Waals surface area contributed by atoms with Crippen molar-refractivity contribution in [3.05, 3.63) is 29.9 Å². The Morgan fingerprint density at radius 1 is 1.37 bits per heavy atom. The highest BCUT2D eigenvalue weighted by molar-refractivity contribution is 7.13. The molecule has 19 heavy (non-hydrogen) atoms. The Bertz CT molecular complexity index is 483. The van der Waals surface area contributed by atoms with Gasteiger partial charge < -0.3 is 9.88 Å². The molecule has 0 radical (unpaired) electrons. The SMILES string of the molecule is c1csc(-c2nccn2CCNCC2CCCC2)c1. The van der Waals surface area contributed by atoms with Gasteiger partial charge in [0.05, 0.1) is 4.88 Å². The highest BCUT2D eigenvalue weighted by atomic mass is 32.1. The van der Waals surface area contributed by atoms with Gasteiger partial charge in [-0.25, -0.2) is 4.98 Å². The molecule has 0 bridgehead atoms. The molecule has 1 aliphatic carbocycles. The van der Waals surface area contributed by atoms with E-state index in [-0.39, 0.29) is 0 Å². The van der Waals surface area contributed by atoms with Gasteiger partial charge >= 0.3 is 0 Å². The largest absolute Gasteiger partial charge is 0.329 e. The van der Waals surface area contributed by atoms with Crippen LogP contribution in [-0.2, 0) is 6.54 Å². The van der Waals surface area contributed by atoms with Gasteiger partial charge in [0.2, 0.25) is 0 Å². The second-order valence-electron chi connectivity index (χ2n) is 5.28. The van der Waals surface area contributed by atoms with Crippen molar-refractivity contribution in [1.29, 1.82) is 0 Å². The van der Waals surface area contributed by atoms with Crippen LogP contribution in [0.2, 0.25) is 0 Å². The Labute approximate surface area is 118 Å². The van der Waals surface area contributed by atoms with E-state index in [0.29, 0.717) is 0 Å². The monoisotopic (exact) mass is 275 g/mol. The molecule has 1 saturated carbocycles. The van der Waals surface area contributed by atoms with E-state index in [1.807, 2.05) is 6.20 Å². The maximum atomic E-state index is 4.46. The fourth-order valence-electron chi connectivity index (χ4n) is 2.84. The van der Waals surface area contributed by atoms with Crippen LogP contribution in [0.4, 0.5) is 0 Å². The Hall–Kier alpha value is -1.13. The van der Waals surface area contributed by atoms with E-state index < -0.39 is 0 Å². The third-order valence-electron chi connectivity index (χ3n) is 3.89. The lowest BCUT2D eigenvalue weighted by Crippen LogP contribution is -2.25. The quantitative estimate of drug-likeness (QED) is 0.819. The molecule has 0 spiro atoms. The van der Waals surface area contributed by atoms with Crippen molar-refractivity contribution in [2.45, 2.75) is 32.2 Å². The molecule has 0 saturated heterocycles. The molecule has 0 unspecified atom stereocenters. The summed E-state index contributed by atoms with van der Waals surface area (Å²) in [5, 5.41) is 5.70. The van der Waals surface area contributed by atoms with E-state index >= 15 is 0 Å². The molecule has 2 heterocycles. The fourth-order valence-corrected chi connectivity index (χ4v) is 3.58. The van der Waals surface area contributed by atoms with Gasteiger partial charge in [0, 0.05) is 25.5 Å². The summed E-state index contributed by atoms with van der Waals surface area (Å²) in [5.74, 6) is 2.01. The number of nitrogens with one attached hydrogen (secondary N) is 1. The minimum absolute atomic E-state index is 0.916. The summed E-state index contributed by atoms with van der Waals surface area (Å²) in [6.45, 7) is 3.22. The standard InChI is InChI=1S/C15H21N3S/c1-2-5-13(4-1)12-16-7-9-18-10-8-17-15(18)14-6-3-11-19-14/h3,6,8,10-11,13,16H,1-2,4-5,7,9,12H2. The minimum Gasteiger partial charge on any atom is -0.329 e. The lowest BCUT2D eigenvalue weighted by atomic mass is 10.1. The topological polar surface area (TPSA) is 29.9 Å².